The van der Waals surface area contributed by atoms with Gasteiger partial charge in [0.1, 0.15) is 0 Å². The smallest absolute Gasteiger partial charge is 0.261 e. The third kappa shape index (κ3) is 1.96. The maximum absolute atomic E-state index is 12.1. The number of hydrogen-bond donors (Lipinski definition) is 0. The number of rotatable bonds is 4. The van der Waals surface area contributed by atoms with Crippen molar-refractivity contribution in [1.29, 1.82) is 0 Å². The molecule has 3 rings (SSSR count). The highest BCUT2D eigenvalue weighted by Gasteiger charge is 2.48. The quantitative estimate of drug-likeness (QED) is 0.615. The Balaban J connectivity index is 1.64. The Morgan fingerprint density at radius 1 is 1.21 bits per heavy atom. The molecular weight excluding hydrogens is 242 g/mol. The van der Waals surface area contributed by atoms with E-state index in [1.165, 1.54) is 4.90 Å². The summed E-state index contributed by atoms with van der Waals surface area (Å²) in [6, 6.07) is 6.99. The lowest BCUT2D eigenvalue weighted by Gasteiger charge is -2.14. The number of ether oxygens (including phenoxy) is 1. The number of hydrogen-bond acceptors (Lipinski definition) is 3. The number of carbonyl (C=O) groups is 2. The van der Waals surface area contributed by atoms with E-state index in [1.807, 2.05) is 6.92 Å². The largest absolute Gasteiger partial charge is 0.367 e. The molecule has 2 aliphatic heterocycles. The van der Waals surface area contributed by atoms with Gasteiger partial charge in [0.15, 0.2) is 0 Å². The second-order valence-corrected chi connectivity index (χ2v) is 5.48. The molecule has 0 spiro atoms. The maximum Gasteiger partial charge on any atom is 0.261 e. The minimum atomic E-state index is -0.171. The summed E-state index contributed by atoms with van der Waals surface area (Å²) < 4.78 is 5.50. The Kier molecular flexibility index (Phi) is 2.71. The van der Waals surface area contributed by atoms with Gasteiger partial charge in [-0.2, -0.15) is 0 Å². The van der Waals surface area contributed by atoms with E-state index >= 15 is 0 Å². The van der Waals surface area contributed by atoms with Gasteiger partial charge in [-0.05, 0) is 38.8 Å². The van der Waals surface area contributed by atoms with Crippen LogP contribution in [-0.2, 0) is 4.74 Å². The molecule has 0 N–H and O–H groups in total. The minimum Gasteiger partial charge on any atom is -0.367 e. The summed E-state index contributed by atoms with van der Waals surface area (Å²) in [4.78, 5) is 25.6. The first-order chi connectivity index (χ1) is 9.03. The van der Waals surface area contributed by atoms with E-state index in [4.69, 9.17) is 4.74 Å². The van der Waals surface area contributed by atoms with Crippen LogP contribution in [0.5, 0.6) is 0 Å². The molecule has 0 aromatic heterocycles. The lowest BCUT2D eigenvalue weighted by molar-refractivity contribution is 0.0648. The van der Waals surface area contributed by atoms with E-state index in [-0.39, 0.29) is 23.5 Å². The van der Waals surface area contributed by atoms with Gasteiger partial charge in [0.05, 0.1) is 22.8 Å². The van der Waals surface area contributed by atoms with Gasteiger partial charge in [-0.1, -0.05) is 12.1 Å². The summed E-state index contributed by atoms with van der Waals surface area (Å²) in [6.07, 6.45) is 1.95. The van der Waals surface area contributed by atoms with E-state index in [2.05, 4.69) is 6.92 Å². The van der Waals surface area contributed by atoms with E-state index in [0.29, 0.717) is 17.7 Å². The Labute approximate surface area is 112 Å². The summed E-state index contributed by atoms with van der Waals surface area (Å²) in [5.74, 6) is -0.342. The number of fused-ring (bicyclic) bond motifs is 1. The zero-order valence-corrected chi connectivity index (χ0v) is 11.2. The van der Waals surface area contributed by atoms with Crippen molar-refractivity contribution in [3.8, 4) is 0 Å². The molecule has 4 heteroatoms. The fourth-order valence-corrected chi connectivity index (χ4v) is 2.66. The first kappa shape index (κ1) is 12.4. The SMILES string of the molecule is CC1OC1(C)CCCN1C(=O)c2ccccc2C1=O. The molecule has 1 aromatic carbocycles. The predicted octanol–water partition coefficient (Wildman–Crippen LogP) is 2.24. The lowest BCUT2D eigenvalue weighted by Crippen LogP contribution is -2.31. The molecule has 1 fully saturated rings. The highest BCUT2D eigenvalue weighted by Crippen LogP contribution is 2.39. The molecule has 1 aromatic rings. The third-order valence-corrected chi connectivity index (χ3v) is 4.18. The van der Waals surface area contributed by atoms with Crippen LogP contribution in [0.15, 0.2) is 24.3 Å². The van der Waals surface area contributed by atoms with Gasteiger partial charge in [0.25, 0.3) is 11.8 Å². The Bertz CT molecular complexity index is 519. The average Bonchev–Trinajstić information content (AvgIpc) is 2.92. The van der Waals surface area contributed by atoms with Crippen LogP contribution in [0.2, 0.25) is 0 Å². The molecule has 0 radical (unpaired) electrons. The number of imide groups is 1. The van der Waals surface area contributed by atoms with Crippen LogP contribution in [-0.4, -0.2) is 35.0 Å². The fraction of sp³-hybridized carbons (Fsp3) is 0.467. The van der Waals surface area contributed by atoms with Crippen molar-refractivity contribution in [1.82, 2.24) is 4.90 Å². The second kappa shape index (κ2) is 4.17. The molecule has 100 valence electrons. The second-order valence-electron chi connectivity index (χ2n) is 5.48. The van der Waals surface area contributed by atoms with Crippen LogP contribution in [0.4, 0.5) is 0 Å². The summed E-state index contributed by atoms with van der Waals surface area (Å²) in [7, 11) is 0. The van der Waals surface area contributed by atoms with Gasteiger partial charge in [-0.15, -0.1) is 0 Å². The summed E-state index contributed by atoms with van der Waals surface area (Å²) >= 11 is 0. The Hall–Kier alpha value is -1.68. The number of amides is 2. The molecule has 2 amide bonds. The van der Waals surface area contributed by atoms with Crippen molar-refractivity contribution >= 4 is 11.8 Å². The Morgan fingerprint density at radius 3 is 2.21 bits per heavy atom. The van der Waals surface area contributed by atoms with Crippen molar-refractivity contribution < 1.29 is 14.3 Å². The molecule has 2 unspecified atom stereocenters. The topological polar surface area (TPSA) is 49.9 Å². The van der Waals surface area contributed by atoms with Crippen molar-refractivity contribution in [2.45, 2.75) is 38.4 Å². The van der Waals surface area contributed by atoms with Crippen LogP contribution < -0.4 is 0 Å². The predicted molar refractivity (Wildman–Crippen MR) is 70.0 cm³/mol. The maximum atomic E-state index is 12.1. The van der Waals surface area contributed by atoms with Crippen LogP contribution in [0.25, 0.3) is 0 Å². The van der Waals surface area contributed by atoms with Crippen LogP contribution in [0, 0.1) is 0 Å². The van der Waals surface area contributed by atoms with Gasteiger partial charge in [0, 0.05) is 6.54 Å². The van der Waals surface area contributed by atoms with Gasteiger partial charge >= 0.3 is 0 Å². The molecule has 0 aliphatic carbocycles. The van der Waals surface area contributed by atoms with Gasteiger partial charge in [-0.25, -0.2) is 0 Å². The van der Waals surface area contributed by atoms with Gasteiger partial charge in [0.2, 0.25) is 0 Å². The molecule has 19 heavy (non-hydrogen) atoms. The third-order valence-electron chi connectivity index (χ3n) is 4.18. The van der Waals surface area contributed by atoms with Crippen LogP contribution in [0.3, 0.4) is 0 Å². The highest BCUT2D eigenvalue weighted by molar-refractivity contribution is 6.21. The van der Waals surface area contributed by atoms with Crippen LogP contribution >= 0.6 is 0 Å². The summed E-state index contributed by atoms with van der Waals surface area (Å²) in [6.45, 7) is 4.58. The van der Waals surface area contributed by atoms with E-state index in [9.17, 15) is 9.59 Å². The van der Waals surface area contributed by atoms with Crippen molar-refractivity contribution in [2.24, 2.45) is 0 Å². The molecule has 0 saturated carbocycles. The molecule has 1 saturated heterocycles. The zero-order chi connectivity index (χ0) is 13.6. The Morgan fingerprint density at radius 2 is 1.74 bits per heavy atom. The molecule has 2 atom stereocenters. The summed E-state index contributed by atoms with van der Waals surface area (Å²) in [5, 5.41) is 0. The normalized spacial score (nSPS) is 28.7. The first-order valence-corrected chi connectivity index (χ1v) is 6.66. The monoisotopic (exact) mass is 259 g/mol. The average molecular weight is 259 g/mol. The zero-order valence-electron chi connectivity index (χ0n) is 11.2. The van der Waals surface area contributed by atoms with E-state index in [1.54, 1.807) is 24.3 Å². The molecular formula is C15H17NO3. The van der Waals surface area contributed by atoms with Crippen LogP contribution in [0.1, 0.15) is 47.4 Å². The molecule has 4 nitrogen and oxygen atoms in total. The number of nitrogens with zero attached hydrogens (tertiary/aromatic N) is 1. The highest BCUT2D eigenvalue weighted by atomic mass is 16.6. The van der Waals surface area contributed by atoms with Gasteiger partial charge < -0.3 is 4.74 Å². The lowest BCUT2D eigenvalue weighted by atomic mass is 10.0. The number of carbonyl (C=O) groups excluding carboxylic acids is 2. The standard InChI is InChI=1S/C15H17NO3/c1-10-15(2,19-10)8-5-9-16-13(17)11-6-3-4-7-12(11)14(16)18/h3-4,6-7,10H,5,8-9H2,1-2H3. The fourth-order valence-electron chi connectivity index (χ4n) is 2.66. The number of epoxide rings is 1. The van der Waals surface area contributed by atoms with Crippen molar-refractivity contribution in [2.75, 3.05) is 6.54 Å². The minimum absolute atomic E-state index is 0.0569. The molecule has 2 heterocycles. The molecule has 0 bridgehead atoms. The summed E-state index contributed by atoms with van der Waals surface area (Å²) in [5.41, 5.74) is 0.989. The van der Waals surface area contributed by atoms with E-state index in [0.717, 1.165) is 12.8 Å². The molecule has 2 aliphatic rings. The van der Waals surface area contributed by atoms with Gasteiger partial charge in [-0.3, -0.25) is 14.5 Å². The van der Waals surface area contributed by atoms with Crippen molar-refractivity contribution in [3.63, 3.8) is 0 Å². The van der Waals surface area contributed by atoms with Crippen molar-refractivity contribution in [3.05, 3.63) is 35.4 Å². The number of benzene rings is 1. The van der Waals surface area contributed by atoms with E-state index < -0.39 is 0 Å². The first-order valence-electron chi connectivity index (χ1n) is 6.66.